The predicted octanol–water partition coefficient (Wildman–Crippen LogP) is 0.785. The van der Waals surface area contributed by atoms with E-state index in [4.69, 9.17) is 4.74 Å². The van der Waals surface area contributed by atoms with Crippen molar-refractivity contribution in [2.75, 3.05) is 19.6 Å². The number of hydrogen-bond donors (Lipinski definition) is 1. The molecule has 1 saturated heterocycles. The summed E-state index contributed by atoms with van der Waals surface area (Å²) in [4.78, 5) is 13.4. The van der Waals surface area contributed by atoms with Gasteiger partial charge in [-0.2, -0.15) is 0 Å². The number of ether oxygens (including phenoxy) is 1. The van der Waals surface area contributed by atoms with E-state index in [1.807, 2.05) is 25.7 Å². The molecule has 0 unspecified atom stereocenters. The first kappa shape index (κ1) is 12.5. The molecule has 0 radical (unpaired) electrons. The molecule has 4 heteroatoms. The average molecular weight is 215 g/mol. The van der Waals surface area contributed by atoms with Gasteiger partial charge in [0.15, 0.2) is 0 Å². The third kappa shape index (κ3) is 4.62. The normalized spacial score (nSPS) is 21.7. The molecule has 15 heavy (non-hydrogen) atoms. The number of nitrogens with zero attached hydrogens (tertiary/aromatic N) is 1. The van der Waals surface area contributed by atoms with Crippen LogP contribution in [0.25, 0.3) is 0 Å². The standard InChI is InChI=1S/C11H21NO3/c1-9(2)15-10(13)8-12-6-4-11(3,14)5-7-12/h9,14H,4-8H2,1-3H3. The molecule has 1 aliphatic heterocycles. The number of esters is 1. The van der Waals surface area contributed by atoms with E-state index >= 15 is 0 Å². The quantitative estimate of drug-likeness (QED) is 0.707. The van der Waals surface area contributed by atoms with E-state index < -0.39 is 5.60 Å². The minimum Gasteiger partial charge on any atom is -0.462 e. The molecule has 1 fully saturated rings. The number of likely N-dealkylation sites (tertiary alicyclic amines) is 1. The van der Waals surface area contributed by atoms with Crippen molar-refractivity contribution in [1.82, 2.24) is 4.90 Å². The predicted molar refractivity (Wildman–Crippen MR) is 57.5 cm³/mol. The summed E-state index contributed by atoms with van der Waals surface area (Å²) >= 11 is 0. The van der Waals surface area contributed by atoms with E-state index in [-0.39, 0.29) is 12.1 Å². The number of carbonyl (C=O) groups excluding carboxylic acids is 1. The summed E-state index contributed by atoms with van der Waals surface area (Å²) in [6.07, 6.45) is 1.40. The number of hydrogen-bond acceptors (Lipinski definition) is 4. The number of carbonyl (C=O) groups is 1. The van der Waals surface area contributed by atoms with Crippen LogP contribution in [0.2, 0.25) is 0 Å². The first-order chi connectivity index (χ1) is 6.89. The summed E-state index contributed by atoms with van der Waals surface area (Å²) < 4.78 is 5.06. The fraction of sp³-hybridized carbons (Fsp3) is 0.909. The molecule has 1 heterocycles. The minimum absolute atomic E-state index is 0.0506. The maximum atomic E-state index is 11.4. The van der Waals surface area contributed by atoms with Crippen molar-refractivity contribution in [3.63, 3.8) is 0 Å². The topological polar surface area (TPSA) is 49.8 Å². The van der Waals surface area contributed by atoms with E-state index in [2.05, 4.69) is 0 Å². The van der Waals surface area contributed by atoms with Gasteiger partial charge in [0, 0.05) is 13.1 Å². The maximum Gasteiger partial charge on any atom is 0.320 e. The maximum absolute atomic E-state index is 11.4. The molecule has 0 spiro atoms. The van der Waals surface area contributed by atoms with Gasteiger partial charge in [0.05, 0.1) is 18.2 Å². The molecular formula is C11H21NO3. The monoisotopic (exact) mass is 215 g/mol. The number of rotatable bonds is 3. The molecule has 0 aromatic carbocycles. The van der Waals surface area contributed by atoms with Gasteiger partial charge < -0.3 is 9.84 Å². The summed E-state index contributed by atoms with van der Waals surface area (Å²) in [5.41, 5.74) is -0.557. The number of piperidine rings is 1. The minimum atomic E-state index is -0.557. The highest BCUT2D eigenvalue weighted by atomic mass is 16.5. The van der Waals surface area contributed by atoms with E-state index in [0.717, 1.165) is 25.9 Å². The van der Waals surface area contributed by atoms with E-state index in [1.54, 1.807) is 0 Å². The molecule has 0 bridgehead atoms. The molecule has 1 N–H and O–H groups in total. The van der Waals surface area contributed by atoms with Gasteiger partial charge in [-0.1, -0.05) is 0 Å². The van der Waals surface area contributed by atoms with Gasteiger partial charge in [0.2, 0.25) is 0 Å². The summed E-state index contributed by atoms with van der Waals surface area (Å²) in [5, 5.41) is 9.73. The first-order valence-corrected chi connectivity index (χ1v) is 5.53. The van der Waals surface area contributed by atoms with Crippen LogP contribution >= 0.6 is 0 Å². The van der Waals surface area contributed by atoms with Gasteiger partial charge in [-0.3, -0.25) is 9.69 Å². The van der Waals surface area contributed by atoms with Crippen LogP contribution in [0.3, 0.4) is 0 Å². The van der Waals surface area contributed by atoms with Crippen LogP contribution in [-0.4, -0.2) is 47.3 Å². The Labute approximate surface area is 91.2 Å². The molecule has 4 nitrogen and oxygen atoms in total. The Morgan fingerprint density at radius 1 is 1.47 bits per heavy atom. The zero-order valence-electron chi connectivity index (χ0n) is 9.82. The fourth-order valence-corrected chi connectivity index (χ4v) is 1.68. The van der Waals surface area contributed by atoms with Gasteiger partial charge in [-0.25, -0.2) is 0 Å². The molecular weight excluding hydrogens is 194 g/mol. The Bertz CT molecular complexity index is 216. The highest BCUT2D eigenvalue weighted by molar-refractivity contribution is 5.71. The second-order valence-corrected chi connectivity index (χ2v) is 4.81. The summed E-state index contributed by atoms with van der Waals surface area (Å²) in [7, 11) is 0. The SMILES string of the molecule is CC(C)OC(=O)CN1CCC(C)(O)CC1. The fourth-order valence-electron chi connectivity index (χ4n) is 1.68. The van der Waals surface area contributed by atoms with Crippen LogP contribution in [-0.2, 0) is 9.53 Å². The first-order valence-electron chi connectivity index (χ1n) is 5.53. The third-order valence-corrected chi connectivity index (χ3v) is 2.65. The summed E-state index contributed by atoms with van der Waals surface area (Å²) in [6.45, 7) is 7.41. The molecule has 0 saturated carbocycles. The molecule has 1 aliphatic rings. The molecule has 1 rings (SSSR count). The van der Waals surface area contributed by atoms with Crippen LogP contribution in [0.5, 0.6) is 0 Å². The average Bonchev–Trinajstić information content (AvgIpc) is 2.07. The van der Waals surface area contributed by atoms with Gasteiger partial charge in [-0.05, 0) is 33.6 Å². The van der Waals surface area contributed by atoms with Crippen LogP contribution in [0.15, 0.2) is 0 Å². The Kier molecular flexibility index (Phi) is 4.11. The lowest BCUT2D eigenvalue weighted by molar-refractivity contribution is -0.149. The second-order valence-electron chi connectivity index (χ2n) is 4.81. The Morgan fingerprint density at radius 2 is 2.00 bits per heavy atom. The van der Waals surface area contributed by atoms with Gasteiger partial charge in [0.1, 0.15) is 0 Å². The van der Waals surface area contributed by atoms with Crippen LogP contribution < -0.4 is 0 Å². The van der Waals surface area contributed by atoms with Crippen LogP contribution in [0.1, 0.15) is 33.6 Å². The van der Waals surface area contributed by atoms with E-state index in [1.165, 1.54) is 0 Å². The van der Waals surface area contributed by atoms with Crippen molar-refractivity contribution in [2.45, 2.75) is 45.3 Å². The summed E-state index contributed by atoms with van der Waals surface area (Å²) in [5.74, 6) is -0.174. The molecule has 0 atom stereocenters. The second kappa shape index (κ2) is 4.94. The summed E-state index contributed by atoms with van der Waals surface area (Å²) in [6, 6.07) is 0. The Balaban J connectivity index is 2.27. The van der Waals surface area contributed by atoms with Crippen molar-refractivity contribution >= 4 is 5.97 Å². The smallest absolute Gasteiger partial charge is 0.320 e. The highest BCUT2D eigenvalue weighted by Gasteiger charge is 2.28. The Hall–Kier alpha value is -0.610. The Morgan fingerprint density at radius 3 is 2.47 bits per heavy atom. The van der Waals surface area contributed by atoms with Crippen LogP contribution in [0, 0.1) is 0 Å². The molecule has 0 aliphatic carbocycles. The lowest BCUT2D eigenvalue weighted by Crippen LogP contribution is -2.44. The largest absolute Gasteiger partial charge is 0.462 e. The zero-order valence-corrected chi connectivity index (χ0v) is 9.82. The van der Waals surface area contributed by atoms with Crippen molar-refractivity contribution in [2.24, 2.45) is 0 Å². The van der Waals surface area contributed by atoms with Gasteiger partial charge in [-0.15, -0.1) is 0 Å². The van der Waals surface area contributed by atoms with Crippen LogP contribution in [0.4, 0.5) is 0 Å². The highest BCUT2D eigenvalue weighted by Crippen LogP contribution is 2.20. The van der Waals surface area contributed by atoms with Gasteiger partial charge in [0.25, 0.3) is 0 Å². The van der Waals surface area contributed by atoms with E-state index in [0.29, 0.717) is 6.54 Å². The zero-order chi connectivity index (χ0) is 11.5. The molecule has 0 amide bonds. The lowest BCUT2D eigenvalue weighted by Gasteiger charge is -2.35. The van der Waals surface area contributed by atoms with Crippen molar-refractivity contribution in [1.29, 1.82) is 0 Å². The third-order valence-electron chi connectivity index (χ3n) is 2.65. The van der Waals surface area contributed by atoms with Crippen molar-refractivity contribution in [3.05, 3.63) is 0 Å². The molecule has 0 aromatic heterocycles. The molecule has 88 valence electrons. The lowest BCUT2D eigenvalue weighted by atomic mass is 9.94. The van der Waals surface area contributed by atoms with Gasteiger partial charge >= 0.3 is 5.97 Å². The molecule has 0 aromatic rings. The van der Waals surface area contributed by atoms with Crippen molar-refractivity contribution in [3.8, 4) is 0 Å². The number of aliphatic hydroxyl groups is 1. The van der Waals surface area contributed by atoms with Crippen molar-refractivity contribution < 1.29 is 14.6 Å². The van der Waals surface area contributed by atoms with E-state index in [9.17, 15) is 9.90 Å².